The number of furan rings is 1. The topological polar surface area (TPSA) is 56.5 Å². The lowest BCUT2D eigenvalue weighted by Gasteiger charge is -2.02. The van der Waals surface area contributed by atoms with Gasteiger partial charge in [0.15, 0.2) is 5.78 Å². The molecule has 0 saturated carbocycles. The minimum absolute atomic E-state index is 0.136. The maximum Gasteiger partial charge on any atom is 0.338 e. The van der Waals surface area contributed by atoms with Crippen LogP contribution in [0.4, 0.5) is 0 Å². The van der Waals surface area contributed by atoms with E-state index in [0.717, 1.165) is 5.56 Å². The Labute approximate surface area is 162 Å². The standard InChI is InChI=1S/C22H17ClO4/c1-2-26-22(25)17-5-3-16(4-6-17)21-14-12-19(27-21)11-13-20(24)15-7-9-18(23)10-8-15/h3-14H,2H2,1H3/b13-11+. The Bertz CT molecular complexity index is 966. The second kappa shape index (κ2) is 8.52. The van der Waals surface area contributed by atoms with Crippen molar-refractivity contribution in [2.45, 2.75) is 6.92 Å². The summed E-state index contributed by atoms with van der Waals surface area (Å²) in [6, 6.07) is 17.2. The van der Waals surface area contributed by atoms with Gasteiger partial charge in [0, 0.05) is 16.1 Å². The Morgan fingerprint density at radius 2 is 1.63 bits per heavy atom. The summed E-state index contributed by atoms with van der Waals surface area (Å²) < 4.78 is 10.7. The number of hydrogen-bond donors (Lipinski definition) is 0. The zero-order chi connectivity index (χ0) is 19.2. The molecule has 0 saturated heterocycles. The summed E-state index contributed by atoms with van der Waals surface area (Å²) in [6.07, 6.45) is 3.07. The molecule has 5 heteroatoms. The largest absolute Gasteiger partial charge is 0.462 e. The third-order valence-corrected chi connectivity index (χ3v) is 4.09. The van der Waals surface area contributed by atoms with Crippen molar-refractivity contribution in [3.05, 3.63) is 88.6 Å². The molecule has 0 aliphatic heterocycles. The summed E-state index contributed by atoms with van der Waals surface area (Å²) in [7, 11) is 0. The molecule has 4 nitrogen and oxygen atoms in total. The molecule has 1 heterocycles. The minimum atomic E-state index is -0.354. The molecule has 27 heavy (non-hydrogen) atoms. The molecule has 2 aromatic carbocycles. The number of rotatable bonds is 6. The second-order valence-corrected chi connectivity index (χ2v) is 6.14. The van der Waals surface area contributed by atoms with Crippen LogP contribution in [0.15, 0.2) is 71.2 Å². The highest BCUT2D eigenvalue weighted by Gasteiger charge is 2.08. The lowest BCUT2D eigenvalue weighted by atomic mass is 10.1. The number of ketones is 1. The maximum atomic E-state index is 12.1. The third kappa shape index (κ3) is 4.74. The molecule has 0 unspecified atom stereocenters. The van der Waals surface area contributed by atoms with Crippen LogP contribution in [0.3, 0.4) is 0 Å². The van der Waals surface area contributed by atoms with Crippen molar-refractivity contribution >= 4 is 29.4 Å². The van der Waals surface area contributed by atoms with Crippen molar-refractivity contribution in [3.8, 4) is 11.3 Å². The number of carbonyl (C=O) groups is 2. The molecule has 0 fully saturated rings. The van der Waals surface area contributed by atoms with E-state index in [2.05, 4.69) is 0 Å². The van der Waals surface area contributed by atoms with Crippen molar-refractivity contribution in [2.24, 2.45) is 0 Å². The van der Waals surface area contributed by atoms with Crippen LogP contribution in [0.2, 0.25) is 5.02 Å². The quantitative estimate of drug-likeness (QED) is 0.314. The maximum absolute atomic E-state index is 12.1. The molecule has 1 aromatic heterocycles. The van der Waals surface area contributed by atoms with Crippen molar-refractivity contribution in [3.63, 3.8) is 0 Å². The number of esters is 1. The summed E-state index contributed by atoms with van der Waals surface area (Å²) in [5.41, 5.74) is 1.87. The summed E-state index contributed by atoms with van der Waals surface area (Å²) in [4.78, 5) is 23.8. The van der Waals surface area contributed by atoms with Gasteiger partial charge in [0.2, 0.25) is 0 Å². The van der Waals surface area contributed by atoms with Gasteiger partial charge in [0.1, 0.15) is 11.5 Å². The van der Waals surface area contributed by atoms with E-state index in [9.17, 15) is 9.59 Å². The van der Waals surface area contributed by atoms with Crippen molar-refractivity contribution in [1.82, 2.24) is 0 Å². The number of ether oxygens (including phenoxy) is 1. The lowest BCUT2D eigenvalue weighted by molar-refractivity contribution is 0.0526. The fourth-order valence-electron chi connectivity index (χ4n) is 2.45. The van der Waals surface area contributed by atoms with Crippen LogP contribution in [-0.4, -0.2) is 18.4 Å². The van der Waals surface area contributed by atoms with Crippen LogP contribution < -0.4 is 0 Å². The van der Waals surface area contributed by atoms with E-state index >= 15 is 0 Å². The molecule has 0 aliphatic rings. The molecule has 3 aromatic rings. The molecule has 0 N–H and O–H groups in total. The van der Waals surface area contributed by atoms with Gasteiger partial charge < -0.3 is 9.15 Å². The minimum Gasteiger partial charge on any atom is -0.462 e. The molecule has 0 atom stereocenters. The first-order valence-corrected chi connectivity index (χ1v) is 8.80. The van der Waals surface area contributed by atoms with Gasteiger partial charge >= 0.3 is 5.97 Å². The van der Waals surface area contributed by atoms with Gasteiger partial charge in [-0.25, -0.2) is 4.79 Å². The highest BCUT2D eigenvalue weighted by atomic mass is 35.5. The van der Waals surface area contributed by atoms with Crippen LogP contribution in [0.1, 0.15) is 33.4 Å². The first-order valence-electron chi connectivity index (χ1n) is 8.42. The number of halogens is 1. The molecule has 136 valence electrons. The van der Waals surface area contributed by atoms with Crippen LogP contribution in [-0.2, 0) is 4.74 Å². The Hall–Kier alpha value is -3.11. The molecule has 0 aliphatic carbocycles. The van der Waals surface area contributed by atoms with E-state index in [4.69, 9.17) is 20.8 Å². The Morgan fingerprint density at radius 3 is 2.30 bits per heavy atom. The van der Waals surface area contributed by atoms with Crippen molar-refractivity contribution < 1.29 is 18.7 Å². The normalized spacial score (nSPS) is 10.9. The van der Waals surface area contributed by atoms with Gasteiger partial charge in [-0.2, -0.15) is 0 Å². The lowest BCUT2D eigenvalue weighted by Crippen LogP contribution is -2.03. The van der Waals surface area contributed by atoms with E-state index in [-0.39, 0.29) is 11.8 Å². The highest BCUT2D eigenvalue weighted by Crippen LogP contribution is 2.23. The molecule has 0 bridgehead atoms. The monoisotopic (exact) mass is 380 g/mol. The average Bonchev–Trinajstić information content (AvgIpc) is 3.16. The Kier molecular flexibility index (Phi) is 5.89. The summed E-state index contributed by atoms with van der Waals surface area (Å²) in [6.45, 7) is 2.10. The van der Waals surface area contributed by atoms with Gasteiger partial charge in [-0.05, 0) is 67.6 Å². The Balaban J connectivity index is 1.70. The zero-order valence-corrected chi connectivity index (χ0v) is 15.4. The molecular formula is C22H17ClO4. The van der Waals surface area contributed by atoms with Crippen LogP contribution >= 0.6 is 11.6 Å². The van der Waals surface area contributed by atoms with Crippen LogP contribution in [0.25, 0.3) is 17.4 Å². The van der Waals surface area contributed by atoms with Gasteiger partial charge in [0.25, 0.3) is 0 Å². The summed E-state index contributed by atoms with van der Waals surface area (Å²) in [5, 5.41) is 0.584. The van der Waals surface area contributed by atoms with Gasteiger partial charge in [-0.3, -0.25) is 4.79 Å². The Morgan fingerprint density at radius 1 is 0.963 bits per heavy atom. The van der Waals surface area contributed by atoms with E-state index in [1.807, 2.05) is 6.07 Å². The number of benzene rings is 2. The van der Waals surface area contributed by atoms with Gasteiger partial charge in [0.05, 0.1) is 12.2 Å². The fourth-order valence-corrected chi connectivity index (χ4v) is 2.58. The SMILES string of the molecule is CCOC(=O)c1ccc(-c2ccc(/C=C/C(=O)c3ccc(Cl)cc3)o2)cc1. The van der Waals surface area contributed by atoms with E-state index in [1.165, 1.54) is 6.08 Å². The van der Waals surface area contributed by atoms with Crippen molar-refractivity contribution in [2.75, 3.05) is 6.61 Å². The van der Waals surface area contributed by atoms with Crippen LogP contribution in [0, 0.1) is 0 Å². The number of allylic oxidation sites excluding steroid dienone is 1. The van der Waals surface area contributed by atoms with Crippen molar-refractivity contribution in [1.29, 1.82) is 0 Å². The number of carbonyl (C=O) groups excluding carboxylic acids is 2. The third-order valence-electron chi connectivity index (χ3n) is 3.84. The molecular weight excluding hydrogens is 364 g/mol. The molecule has 3 rings (SSSR count). The van der Waals surface area contributed by atoms with E-state index in [0.29, 0.717) is 34.3 Å². The van der Waals surface area contributed by atoms with E-state index < -0.39 is 0 Å². The molecule has 0 amide bonds. The average molecular weight is 381 g/mol. The first-order chi connectivity index (χ1) is 13.1. The predicted molar refractivity (Wildman–Crippen MR) is 105 cm³/mol. The second-order valence-electron chi connectivity index (χ2n) is 5.70. The van der Waals surface area contributed by atoms with Crippen LogP contribution in [0.5, 0.6) is 0 Å². The van der Waals surface area contributed by atoms with Gasteiger partial charge in [-0.15, -0.1) is 0 Å². The summed E-state index contributed by atoms with van der Waals surface area (Å²) in [5.74, 6) is 0.710. The number of hydrogen-bond acceptors (Lipinski definition) is 4. The predicted octanol–water partition coefficient (Wildman–Crippen LogP) is 5.67. The zero-order valence-electron chi connectivity index (χ0n) is 14.6. The smallest absolute Gasteiger partial charge is 0.338 e. The molecule has 0 spiro atoms. The van der Waals surface area contributed by atoms with Gasteiger partial charge in [-0.1, -0.05) is 23.7 Å². The molecule has 0 radical (unpaired) electrons. The summed E-state index contributed by atoms with van der Waals surface area (Å²) >= 11 is 5.82. The first kappa shape index (κ1) is 18.7. The highest BCUT2D eigenvalue weighted by molar-refractivity contribution is 6.30. The fraction of sp³-hybridized carbons (Fsp3) is 0.0909. The van der Waals surface area contributed by atoms with E-state index in [1.54, 1.807) is 67.6 Å².